The zero-order valence-electron chi connectivity index (χ0n) is 22.6. The average Bonchev–Trinajstić information content (AvgIpc) is 3.35. The van der Waals surface area contributed by atoms with Crippen molar-refractivity contribution in [3.63, 3.8) is 0 Å². The summed E-state index contributed by atoms with van der Waals surface area (Å²) in [6.45, 7) is 6.16. The number of pyridine rings is 1. The Kier molecular flexibility index (Phi) is 7.63. The van der Waals surface area contributed by atoms with Gasteiger partial charge in [-0.05, 0) is 50.4 Å². The number of hydrogen-bond acceptors (Lipinski definition) is 9. The summed E-state index contributed by atoms with van der Waals surface area (Å²) in [6, 6.07) is 4.40. The monoisotopic (exact) mass is 576 g/mol. The topological polar surface area (TPSA) is 150 Å². The van der Waals surface area contributed by atoms with Gasteiger partial charge in [-0.2, -0.15) is 5.10 Å². The van der Waals surface area contributed by atoms with E-state index in [0.29, 0.717) is 34.6 Å². The summed E-state index contributed by atoms with van der Waals surface area (Å²) in [6.07, 6.45) is 8.71. The van der Waals surface area contributed by atoms with Gasteiger partial charge in [-0.25, -0.2) is 9.78 Å². The van der Waals surface area contributed by atoms with Crippen LogP contribution in [0, 0.1) is 12.8 Å². The first-order valence-electron chi connectivity index (χ1n) is 13.8. The van der Waals surface area contributed by atoms with Crippen LogP contribution in [0.1, 0.15) is 37.7 Å². The maximum Gasteiger partial charge on any atom is 0.326 e. The molecule has 2 saturated heterocycles. The third-order valence-electron chi connectivity index (χ3n) is 8.02. The van der Waals surface area contributed by atoms with Crippen LogP contribution in [0.4, 0.5) is 10.5 Å². The van der Waals surface area contributed by atoms with Crippen molar-refractivity contribution in [3.05, 3.63) is 59.4 Å². The van der Waals surface area contributed by atoms with Gasteiger partial charge in [0, 0.05) is 42.0 Å². The van der Waals surface area contributed by atoms with E-state index in [0.717, 1.165) is 37.7 Å². The standard InChI is InChI=1S/C28H32N8O4S/c1-3-20(37)32-16-7-4-5-8-17(16)33-26(38)25-24-23-18(10-12-29-27(23)41-25)36(28(39)34-24)19-14-30-22(13-15(19)2)40-21-9-6-11-31-35-21/h3,6,9,11,13-14,16-18,23,27,29H,1,4-5,7-8,10,12H2,2H3,(H,32,37)(H,33,38)(H,34,39)/t16-,17+,18?,23?,27?/m0/s1. The Labute approximate surface area is 241 Å². The van der Waals surface area contributed by atoms with Gasteiger partial charge in [0.1, 0.15) is 0 Å². The minimum atomic E-state index is -0.295. The molecule has 214 valence electrons. The lowest BCUT2D eigenvalue weighted by atomic mass is 9.86. The van der Waals surface area contributed by atoms with Crippen molar-refractivity contribution in [2.45, 2.75) is 62.5 Å². The van der Waals surface area contributed by atoms with Gasteiger partial charge in [-0.15, -0.1) is 5.10 Å². The molecule has 1 saturated carbocycles. The van der Waals surface area contributed by atoms with Crippen LogP contribution in [0.3, 0.4) is 0 Å². The molecule has 2 aromatic heterocycles. The first kappa shape index (κ1) is 27.2. The van der Waals surface area contributed by atoms with Crippen LogP contribution in [-0.2, 0) is 9.59 Å². The summed E-state index contributed by atoms with van der Waals surface area (Å²) in [5.74, 6) is 0.125. The molecule has 4 aliphatic rings. The van der Waals surface area contributed by atoms with Gasteiger partial charge in [0.05, 0.1) is 28.2 Å². The zero-order valence-corrected chi connectivity index (χ0v) is 23.4. The molecule has 0 bridgehead atoms. The molecule has 3 aliphatic heterocycles. The van der Waals surface area contributed by atoms with Crippen LogP contribution >= 0.6 is 11.8 Å². The second-order valence-electron chi connectivity index (χ2n) is 10.6. The van der Waals surface area contributed by atoms with Crippen LogP contribution in [0.5, 0.6) is 11.8 Å². The van der Waals surface area contributed by atoms with E-state index in [4.69, 9.17) is 4.74 Å². The second-order valence-corrected chi connectivity index (χ2v) is 11.7. The fraction of sp³-hybridized carbons (Fsp3) is 0.429. The van der Waals surface area contributed by atoms with Crippen molar-refractivity contribution in [1.82, 2.24) is 36.4 Å². The fourth-order valence-corrected chi connectivity index (χ4v) is 7.53. The van der Waals surface area contributed by atoms with Crippen molar-refractivity contribution in [3.8, 4) is 11.8 Å². The summed E-state index contributed by atoms with van der Waals surface area (Å²) >= 11 is 1.46. The van der Waals surface area contributed by atoms with Gasteiger partial charge >= 0.3 is 6.03 Å². The lowest BCUT2D eigenvalue weighted by Crippen LogP contribution is -2.62. The molecule has 5 atom stereocenters. The Morgan fingerprint density at radius 2 is 2.00 bits per heavy atom. The van der Waals surface area contributed by atoms with E-state index in [9.17, 15) is 14.4 Å². The van der Waals surface area contributed by atoms with Crippen LogP contribution in [0.2, 0.25) is 0 Å². The predicted molar refractivity (Wildman–Crippen MR) is 153 cm³/mol. The van der Waals surface area contributed by atoms with Gasteiger partial charge < -0.3 is 26.0 Å². The number of rotatable bonds is 7. The van der Waals surface area contributed by atoms with E-state index in [1.807, 2.05) is 6.92 Å². The smallest absolute Gasteiger partial charge is 0.326 e. The van der Waals surface area contributed by atoms with Crippen molar-refractivity contribution in [2.24, 2.45) is 5.92 Å². The molecule has 41 heavy (non-hydrogen) atoms. The summed E-state index contributed by atoms with van der Waals surface area (Å²) in [5.41, 5.74) is 2.17. The molecule has 3 fully saturated rings. The van der Waals surface area contributed by atoms with Crippen LogP contribution in [0.25, 0.3) is 0 Å². The molecule has 0 radical (unpaired) electrons. The highest BCUT2D eigenvalue weighted by Crippen LogP contribution is 2.48. The summed E-state index contributed by atoms with van der Waals surface area (Å²) < 4.78 is 5.72. The number of anilines is 1. The number of nitrogens with zero attached hydrogens (tertiary/aromatic N) is 4. The second kappa shape index (κ2) is 11.5. The van der Waals surface area contributed by atoms with E-state index in [1.54, 1.807) is 35.5 Å². The van der Waals surface area contributed by atoms with E-state index in [2.05, 4.69) is 43.0 Å². The first-order chi connectivity index (χ1) is 19.9. The molecular formula is C28H32N8O4S. The predicted octanol–water partition coefficient (Wildman–Crippen LogP) is 2.49. The lowest BCUT2D eigenvalue weighted by molar-refractivity contribution is -0.120. The van der Waals surface area contributed by atoms with Crippen molar-refractivity contribution in [1.29, 1.82) is 0 Å². The maximum absolute atomic E-state index is 13.6. The molecular weight excluding hydrogens is 544 g/mol. The summed E-state index contributed by atoms with van der Waals surface area (Å²) in [4.78, 5) is 45.9. The molecule has 12 nitrogen and oxygen atoms in total. The number of aromatic nitrogens is 3. The fourth-order valence-electron chi connectivity index (χ4n) is 6.13. The SMILES string of the molecule is C=CC(=O)N[C@H]1CCCC[C@H]1NC(=O)C1=C2NC(=O)N(c3cnc(Oc4cccnn4)cc3C)C3CCNC(S1)C23. The Hall–Kier alpha value is -3.97. The minimum absolute atomic E-state index is 0.0530. The normalized spacial score (nSPS) is 27.0. The molecule has 13 heteroatoms. The Morgan fingerprint density at radius 1 is 1.20 bits per heavy atom. The largest absolute Gasteiger partial charge is 0.419 e. The average molecular weight is 577 g/mol. The quantitative estimate of drug-likeness (QED) is 0.365. The van der Waals surface area contributed by atoms with Crippen molar-refractivity contribution < 1.29 is 19.1 Å². The summed E-state index contributed by atoms with van der Waals surface area (Å²) in [7, 11) is 0. The molecule has 0 aromatic carbocycles. The van der Waals surface area contributed by atoms with Crippen LogP contribution in [0.15, 0.2) is 53.8 Å². The number of piperidine rings is 1. The Bertz CT molecular complexity index is 1400. The third kappa shape index (κ3) is 5.38. The van der Waals surface area contributed by atoms with E-state index < -0.39 is 0 Å². The number of nitrogens with one attached hydrogen (secondary N) is 4. The number of ether oxygens (including phenoxy) is 1. The van der Waals surface area contributed by atoms with Crippen molar-refractivity contribution >= 4 is 35.3 Å². The van der Waals surface area contributed by atoms with Gasteiger partial charge in [-0.3, -0.25) is 14.5 Å². The molecule has 5 heterocycles. The molecule has 1 aliphatic carbocycles. The highest BCUT2D eigenvalue weighted by molar-refractivity contribution is 8.04. The highest BCUT2D eigenvalue weighted by Gasteiger charge is 2.52. The Morgan fingerprint density at radius 3 is 2.73 bits per heavy atom. The van der Waals surface area contributed by atoms with E-state index in [-0.39, 0.29) is 47.3 Å². The third-order valence-corrected chi connectivity index (χ3v) is 9.37. The van der Waals surface area contributed by atoms with Gasteiger partial charge in [0.15, 0.2) is 0 Å². The summed E-state index contributed by atoms with van der Waals surface area (Å²) in [5, 5.41) is 20.4. The molecule has 4 amide bonds. The number of hydrogen-bond donors (Lipinski definition) is 4. The minimum Gasteiger partial charge on any atom is -0.419 e. The van der Waals surface area contributed by atoms with Crippen LogP contribution < -0.4 is 30.9 Å². The molecule has 6 rings (SSSR count). The number of urea groups is 1. The number of carbonyl (C=O) groups excluding carboxylic acids is 3. The maximum atomic E-state index is 13.6. The Balaban J connectivity index is 1.23. The number of carbonyl (C=O) groups is 3. The first-order valence-corrected chi connectivity index (χ1v) is 14.7. The van der Waals surface area contributed by atoms with Gasteiger partial charge in [0.2, 0.25) is 17.7 Å². The molecule has 3 unspecified atom stereocenters. The van der Waals surface area contributed by atoms with Gasteiger partial charge in [0.25, 0.3) is 5.91 Å². The molecule has 0 spiro atoms. The highest BCUT2D eigenvalue weighted by atomic mass is 32.2. The zero-order chi connectivity index (χ0) is 28.5. The number of aryl methyl sites for hydroxylation is 1. The van der Waals surface area contributed by atoms with E-state index >= 15 is 0 Å². The van der Waals surface area contributed by atoms with E-state index in [1.165, 1.54) is 17.8 Å². The molecule has 4 N–H and O–H groups in total. The van der Waals surface area contributed by atoms with Gasteiger partial charge in [-0.1, -0.05) is 31.2 Å². The number of amides is 4. The lowest BCUT2D eigenvalue weighted by Gasteiger charge is -2.46. The van der Waals surface area contributed by atoms with Crippen LogP contribution in [-0.4, -0.2) is 63.1 Å². The molecule has 2 aromatic rings. The van der Waals surface area contributed by atoms with Crippen molar-refractivity contribution in [2.75, 3.05) is 11.4 Å². The number of thioether (sulfide) groups is 1.